The maximum Gasteiger partial charge on any atom is 0.280 e. The van der Waals surface area contributed by atoms with Crippen molar-refractivity contribution >= 4 is 35.0 Å². The van der Waals surface area contributed by atoms with E-state index in [2.05, 4.69) is 32.7 Å². The molecule has 0 aliphatic carbocycles. The van der Waals surface area contributed by atoms with E-state index in [4.69, 9.17) is 0 Å². The number of para-hydroxylation sites is 1. The standard InChI is InChI=1S/C27H25N5O4/c33-24(18-30-14-16-31(17-15-30)21-6-2-1-3-7-21)28-20-12-10-19(11-13-20)25(34)29-32-26(35)22-8-4-5-9-23(22)27(32)36/h1-13H,14-18H2,(H,28,33)(H,29,34). The number of nitrogens with zero attached hydrogens (tertiary/aromatic N) is 3. The molecule has 2 aliphatic rings. The van der Waals surface area contributed by atoms with E-state index in [1.54, 1.807) is 36.4 Å². The lowest BCUT2D eigenvalue weighted by molar-refractivity contribution is -0.117. The van der Waals surface area contributed by atoms with Crippen molar-refractivity contribution in [2.24, 2.45) is 0 Å². The molecule has 3 aromatic rings. The Hall–Kier alpha value is -4.50. The van der Waals surface area contributed by atoms with Crippen LogP contribution in [0.5, 0.6) is 0 Å². The number of hydrogen-bond acceptors (Lipinski definition) is 6. The van der Waals surface area contributed by atoms with Crippen LogP contribution in [0.15, 0.2) is 78.9 Å². The van der Waals surface area contributed by atoms with Crippen molar-refractivity contribution in [3.8, 4) is 0 Å². The van der Waals surface area contributed by atoms with Crippen LogP contribution < -0.4 is 15.6 Å². The topological polar surface area (TPSA) is 102 Å². The van der Waals surface area contributed by atoms with E-state index in [0.717, 1.165) is 31.2 Å². The summed E-state index contributed by atoms with van der Waals surface area (Å²) in [7, 11) is 0. The highest BCUT2D eigenvalue weighted by Gasteiger charge is 2.36. The van der Waals surface area contributed by atoms with Crippen LogP contribution in [0.2, 0.25) is 0 Å². The molecule has 0 saturated carbocycles. The molecular weight excluding hydrogens is 458 g/mol. The Balaban J connectivity index is 1.11. The summed E-state index contributed by atoms with van der Waals surface area (Å²) < 4.78 is 0. The van der Waals surface area contributed by atoms with Crippen LogP contribution >= 0.6 is 0 Å². The summed E-state index contributed by atoms with van der Waals surface area (Å²) in [6.07, 6.45) is 0. The third-order valence-electron chi connectivity index (χ3n) is 6.30. The van der Waals surface area contributed by atoms with Gasteiger partial charge in [0.2, 0.25) is 5.91 Å². The lowest BCUT2D eigenvalue weighted by atomic mass is 10.1. The van der Waals surface area contributed by atoms with Gasteiger partial charge < -0.3 is 10.2 Å². The number of rotatable bonds is 6. The number of benzene rings is 3. The van der Waals surface area contributed by atoms with Crippen LogP contribution in [0.3, 0.4) is 0 Å². The van der Waals surface area contributed by atoms with Gasteiger partial charge in [0.1, 0.15) is 0 Å². The van der Waals surface area contributed by atoms with E-state index in [0.29, 0.717) is 5.69 Å². The molecule has 0 radical (unpaired) electrons. The third kappa shape index (κ3) is 4.82. The number of fused-ring (bicyclic) bond motifs is 1. The summed E-state index contributed by atoms with van der Waals surface area (Å²) in [5, 5.41) is 3.58. The van der Waals surface area contributed by atoms with Gasteiger partial charge in [0.25, 0.3) is 17.7 Å². The Labute approximate surface area is 208 Å². The summed E-state index contributed by atoms with van der Waals surface area (Å²) in [6, 6.07) is 22.9. The zero-order valence-electron chi connectivity index (χ0n) is 19.5. The predicted molar refractivity (Wildman–Crippen MR) is 135 cm³/mol. The van der Waals surface area contributed by atoms with Crippen molar-refractivity contribution in [3.63, 3.8) is 0 Å². The molecule has 9 heteroatoms. The van der Waals surface area contributed by atoms with Crippen LogP contribution in [-0.2, 0) is 4.79 Å². The summed E-state index contributed by atoms with van der Waals surface area (Å²) in [5.74, 6) is -1.88. The number of hydrazine groups is 1. The van der Waals surface area contributed by atoms with Crippen molar-refractivity contribution in [1.29, 1.82) is 0 Å². The summed E-state index contributed by atoms with van der Waals surface area (Å²) in [5.41, 5.74) is 4.87. The minimum absolute atomic E-state index is 0.133. The minimum Gasteiger partial charge on any atom is -0.369 e. The Kier molecular flexibility index (Phi) is 6.46. The fraction of sp³-hybridized carbons (Fsp3) is 0.185. The van der Waals surface area contributed by atoms with Gasteiger partial charge in [-0.05, 0) is 48.5 Å². The zero-order valence-corrected chi connectivity index (χ0v) is 19.5. The first kappa shape index (κ1) is 23.3. The largest absolute Gasteiger partial charge is 0.369 e. The average Bonchev–Trinajstić information content (AvgIpc) is 3.15. The lowest BCUT2D eigenvalue weighted by Crippen LogP contribution is -2.48. The molecule has 3 aromatic carbocycles. The van der Waals surface area contributed by atoms with Crippen molar-refractivity contribution < 1.29 is 19.2 Å². The quantitative estimate of drug-likeness (QED) is 0.522. The first-order valence-electron chi connectivity index (χ1n) is 11.7. The molecule has 9 nitrogen and oxygen atoms in total. The summed E-state index contributed by atoms with van der Waals surface area (Å²) in [6.45, 7) is 3.57. The van der Waals surface area contributed by atoms with E-state index in [-0.39, 0.29) is 29.1 Å². The molecule has 1 saturated heterocycles. The predicted octanol–water partition coefficient (Wildman–Crippen LogP) is 2.39. The maximum atomic E-state index is 12.6. The van der Waals surface area contributed by atoms with Crippen LogP contribution in [0.4, 0.5) is 11.4 Å². The summed E-state index contributed by atoms with van der Waals surface area (Å²) in [4.78, 5) is 54.4. The monoisotopic (exact) mass is 483 g/mol. The minimum atomic E-state index is -0.598. The Morgan fingerprint density at radius 1 is 0.722 bits per heavy atom. The highest BCUT2D eigenvalue weighted by Crippen LogP contribution is 2.21. The van der Waals surface area contributed by atoms with Gasteiger partial charge in [0.05, 0.1) is 17.7 Å². The maximum absolute atomic E-state index is 12.6. The highest BCUT2D eigenvalue weighted by atomic mass is 16.2. The number of nitrogens with one attached hydrogen (secondary N) is 2. The Bertz CT molecular complexity index is 1270. The number of hydrogen-bond donors (Lipinski definition) is 2. The second-order valence-corrected chi connectivity index (χ2v) is 8.66. The molecule has 0 unspecified atom stereocenters. The Morgan fingerprint density at radius 3 is 1.92 bits per heavy atom. The fourth-order valence-corrected chi connectivity index (χ4v) is 4.37. The molecule has 0 aromatic heterocycles. The average molecular weight is 484 g/mol. The molecule has 0 bridgehead atoms. The molecule has 2 aliphatic heterocycles. The lowest BCUT2D eigenvalue weighted by Gasteiger charge is -2.35. The molecule has 182 valence electrons. The van der Waals surface area contributed by atoms with Crippen LogP contribution in [-0.4, -0.2) is 66.3 Å². The van der Waals surface area contributed by atoms with Crippen molar-refractivity contribution in [2.75, 3.05) is 42.9 Å². The molecule has 0 spiro atoms. The van der Waals surface area contributed by atoms with Gasteiger partial charge >= 0.3 is 0 Å². The highest BCUT2D eigenvalue weighted by molar-refractivity contribution is 6.22. The Morgan fingerprint density at radius 2 is 1.31 bits per heavy atom. The number of carbonyl (C=O) groups excluding carboxylic acids is 4. The molecule has 0 atom stereocenters. The number of imide groups is 1. The van der Waals surface area contributed by atoms with Gasteiger partial charge in [-0.3, -0.25) is 29.5 Å². The normalized spacial score (nSPS) is 15.6. The number of amides is 4. The SMILES string of the molecule is O=C(CN1CCN(c2ccccc2)CC1)Nc1ccc(C(=O)NN2C(=O)c3ccccc3C2=O)cc1. The van der Waals surface area contributed by atoms with Gasteiger partial charge in [-0.15, -0.1) is 0 Å². The first-order chi connectivity index (χ1) is 17.5. The summed E-state index contributed by atoms with van der Waals surface area (Å²) >= 11 is 0. The first-order valence-corrected chi connectivity index (χ1v) is 11.7. The van der Waals surface area contributed by atoms with Crippen LogP contribution in [0.25, 0.3) is 0 Å². The molecule has 2 N–H and O–H groups in total. The van der Waals surface area contributed by atoms with Crippen LogP contribution in [0.1, 0.15) is 31.1 Å². The van der Waals surface area contributed by atoms with E-state index >= 15 is 0 Å². The smallest absolute Gasteiger partial charge is 0.280 e. The van der Waals surface area contributed by atoms with Crippen molar-refractivity contribution in [1.82, 2.24) is 15.3 Å². The van der Waals surface area contributed by atoms with Gasteiger partial charge in [-0.2, -0.15) is 5.01 Å². The molecule has 36 heavy (non-hydrogen) atoms. The molecule has 2 heterocycles. The van der Waals surface area contributed by atoms with Gasteiger partial charge in [0.15, 0.2) is 0 Å². The van der Waals surface area contributed by atoms with Crippen molar-refractivity contribution in [3.05, 3.63) is 95.6 Å². The molecule has 4 amide bonds. The second-order valence-electron chi connectivity index (χ2n) is 8.66. The molecular formula is C27H25N5O4. The van der Waals surface area contributed by atoms with Crippen LogP contribution in [0, 0.1) is 0 Å². The second kappa shape index (κ2) is 10.0. The van der Waals surface area contributed by atoms with Gasteiger partial charge in [-0.1, -0.05) is 30.3 Å². The van der Waals surface area contributed by atoms with Gasteiger partial charge in [-0.25, -0.2) is 0 Å². The number of anilines is 2. The number of piperazine rings is 1. The van der Waals surface area contributed by atoms with E-state index in [1.165, 1.54) is 17.8 Å². The van der Waals surface area contributed by atoms with E-state index < -0.39 is 17.7 Å². The molecule has 5 rings (SSSR count). The third-order valence-corrected chi connectivity index (χ3v) is 6.30. The van der Waals surface area contributed by atoms with Gasteiger partial charge in [0, 0.05) is 43.1 Å². The number of carbonyl (C=O) groups is 4. The molecule has 1 fully saturated rings. The van der Waals surface area contributed by atoms with Crippen molar-refractivity contribution in [2.45, 2.75) is 0 Å². The van der Waals surface area contributed by atoms with E-state index in [1.807, 2.05) is 18.2 Å². The van der Waals surface area contributed by atoms with E-state index in [9.17, 15) is 19.2 Å². The zero-order chi connectivity index (χ0) is 25.1. The fourth-order valence-electron chi connectivity index (χ4n) is 4.37.